The van der Waals surface area contributed by atoms with Crippen molar-refractivity contribution in [1.29, 1.82) is 5.26 Å². The van der Waals surface area contributed by atoms with Crippen molar-refractivity contribution in [3.05, 3.63) is 58.1 Å². The van der Waals surface area contributed by atoms with Crippen LogP contribution >= 0.6 is 15.9 Å². The van der Waals surface area contributed by atoms with Gasteiger partial charge in [-0.05, 0) is 46.3 Å². The van der Waals surface area contributed by atoms with E-state index in [1.54, 1.807) is 6.07 Å². The predicted molar refractivity (Wildman–Crippen MR) is 76.0 cm³/mol. The highest BCUT2D eigenvalue weighted by Gasteiger charge is 2.19. The van der Waals surface area contributed by atoms with Crippen LogP contribution in [0.1, 0.15) is 5.56 Å². The number of nitrogens with one attached hydrogen (secondary N) is 1. The van der Waals surface area contributed by atoms with E-state index in [-0.39, 0.29) is 15.1 Å². The van der Waals surface area contributed by atoms with Crippen molar-refractivity contribution in [2.75, 3.05) is 4.72 Å². The topological polar surface area (TPSA) is 70.0 Å². The molecule has 0 unspecified atom stereocenters. The number of nitrogens with zero attached hydrogens (tertiary/aromatic N) is 1. The van der Waals surface area contributed by atoms with Crippen molar-refractivity contribution in [1.82, 2.24) is 0 Å². The molecule has 108 valence electrons. The molecule has 0 aliphatic carbocycles. The summed E-state index contributed by atoms with van der Waals surface area (Å²) < 4.78 is 53.3. The zero-order chi connectivity index (χ0) is 15.6. The van der Waals surface area contributed by atoms with Gasteiger partial charge in [-0.25, -0.2) is 17.2 Å². The summed E-state index contributed by atoms with van der Waals surface area (Å²) in [5.74, 6) is -1.60. The zero-order valence-corrected chi connectivity index (χ0v) is 12.7. The zero-order valence-electron chi connectivity index (χ0n) is 10.3. The fraction of sp³-hybridized carbons (Fsp3) is 0. The first kappa shape index (κ1) is 15.4. The highest BCUT2D eigenvalue weighted by atomic mass is 79.9. The molecule has 4 nitrogen and oxygen atoms in total. The van der Waals surface area contributed by atoms with Crippen molar-refractivity contribution < 1.29 is 17.2 Å². The molecule has 0 bridgehead atoms. The van der Waals surface area contributed by atoms with Crippen LogP contribution in [0.25, 0.3) is 0 Å². The van der Waals surface area contributed by atoms with Crippen LogP contribution in [0, 0.1) is 23.0 Å². The molecule has 2 rings (SSSR count). The van der Waals surface area contributed by atoms with Crippen LogP contribution in [0.2, 0.25) is 0 Å². The number of halogens is 3. The monoisotopic (exact) mass is 372 g/mol. The highest BCUT2D eigenvalue weighted by Crippen LogP contribution is 2.24. The summed E-state index contributed by atoms with van der Waals surface area (Å²) in [5, 5.41) is 8.86. The van der Waals surface area contributed by atoms with Crippen molar-refractivity contribution >= 4 is 31.6 Å². The van der Waals surface area contributed by atoms with Crippen LogP contribution in [-0.4, -0.2) is 8.42 Å². The molecule has 0 radical (unpaired) electrons. The van der Waals surface area contributed by atoms with E-state index in [0.717, 1.165) is 12.1 Å². The first-order valence-electron chi connectivity index (χ1n) is 5.51. The van der Waals surface area contributed by atoms with Gasteiger partial charge in [0.25, 0.3) is 10.0 Å². The maximum absolute atomic E-state index is 13.4. The molecule has 21 heavy (non-hydrogen) atoms. The van der Waals surface area contributed by atoms with Gasteiger partial charge in [-0.2, -0.15) is 5.26 Å². The largest absolute Gasteiger partial charge is 0.278 e. The summed E-state index contributed by atoms with van der Waals surface area (Å²) in [4.78, 5) is -0.337. The Kier molecular flexibility index (Phi) is 4.25. The molecule has 2 aromatic carbocycles. The first-order chi connectivity index (χ1) is 9.85. The SMILES string of the molecule is N#Cc1c(F)cccc1NS(=O)(=O)c1ccc(Br)c(F)c1. The van der Waals surface area contributed by atoms with Gasteiger partial charge < -0.3 is 0 Å². The van der Waals surface area contributed by atoms with Gasteiger partial charge >= 0.3 is 0 Å². The average Bonchev–Trinajstić information content (AvgIpc) is 2.41. The summed E-state index contributed by atoms with van der Waals surface area (Å²) >= 11 is 2.91. The minimum absolute atomic E-state index is 0.116. The van der Waals surface area contributed by atoms with Gasteiger partial charge in [0.2, 0.25) is 0 Å². The molecule has 1 N–H and O–H groups in total. The third kappa shape index (κ3) is 3.20. The van der Waals surface area contributed by atoms with Gasteiger partial charge in [0.05, 0.1) is 15.1 Å². The van der Waals surface area contributed by atoms with Crippen LogP contribution < -0.4 is 4.72 Å². The van der Waals surface area contributed by atoms with Crippen LogP contribution in [0.5, 0.6) is 0 Å². The minimum atomic E-state index is -4.13. The van der Waals surface area contributed by atoms with Crippen molar-refractivity contribution in [3.8, 4) is 6.07 Å². The van der Waals surface area contributed by atoms with E-state index in [0.29, 0.717) is 0 Å². The maximum atomic E-state index is 13.4. The molecule has 0 atom stereocenters. The molecule has 8 heteroatoms. The number of hydrogen-bond acceptors (Lipinski definition) is 3. The van der Waals surface area contributed by atoms with Crippen LogP contribution in [0.3, 0.4) is 0 Å². The van der Waals surface area contributed by atoms with Gasteiger partial charge in [0.1, 0.15) is 23.3 Å². The van der Waals surface area contributed by atoms with Crippen LogP contribution in [0.4, 0.5) is 14.5 Å². The van der Waals surface area contributed by atoms with Crippen molar-refractivity contribution in [2.45, 2.75) is 4.90 Å². The number of sulfonamides is 1. The van der Waals surface area contributed by atoms with E-state index in [1.807, 2.05) is 0 Å². The van der Waals surface area contributed by atoms with E-state index in [9.17, 15) is 17.2 Å². The third-order valence-electron chi connectivity index (χ3n) is 2.57. The van der Waals surface area contributed by atoms with E-state index in [1.165, 1.54) is 24.3 Å². The molecule has 0 amide bonds. The lowest BCUT2D eigenvalue weighted by Gasteiger charge is -2.10. The first-order valence-corrected chi connectivity index (χ1v) is 7.79. The minimum Gasteiger partial charge on any atom is -0.278 e. The second-order valence-electron chi connectivity index (χ2n) is 3.96. The van der Waals surface area contributed by atoms with Gasteiger partial charge in [-0.3, -0.25) is 4.72 Å². The van der Waals surface area contributed by atoms with Gasteiger partial charge in [0, 0.05) is 0 Å². The molecule has 0 saturated carbocycles. The Morgan fingerprint density at radius 2 is 1.86 bits per heavy atom. The number of hydrogen-bond donors (Lipinski definition) is 1. The highest BCUT2D eigenvalue weighted by molar-refractivity contribution is 9.10. The number of benzene rings is 2. The Morgan fingerprint density at radius 1 is 1.14 bits per heavy atom. The van der Waals surface area contributed by atoms with Crippen LogP contribution in [0.15, 0.2) is 45.8 Å². The van der Waals surface area contributed by atoms with Crippen molar-refractivity contribution in [3.63, 3.8) is 0 Å². The Balaban J connectivity index is 2.45. The van der Waals surface area contributed by atoms with E-state index in [2.05, 4.69) is 20.7 Å². The lowest BCUT2D eigenvalue weighted by molar-refractivity contribution is 0.593. The van der Waals surface area contributed by atoms with Gasteiger partial charge in [-0.1, -0.05) is 6.07 Å². The fourth-order valence-corrected chi connectivity index (χ4v) is 2.90. The number of anilines is 1. The normalized spacial score (nSPS) is 11.0. The smallest absolute Gasteiger partial charge is 0.262 e. The Hall–Kier alpha value is -1.98. The second kappa shape index (κ2) is 5.79. The summed E-state index contributed by atoms with van der Waals surface area (Å²) in [6, 6.07) is 8.35. The summed E-state index contributed by atoms with van der Waals surface area (Å²) in [5.41, 5.74) is -0.639. The lowest BCUT2D eigenvalue weighted by Crippen LogP contribution is -2.14. The van der Waals surface area contributed by atoms with Gasteiger partial charge in [-0.15, -0.1) is 0 Å². The molecule has 0 spiro atoms. The summed E-state index contributed by atoms with van der Waals surface area (Å²) in [7, 11) is -4.13. The Morgan fingerprint density at radius 3 is 2.48 bits per heavy atom. The molecule has 0 fully saturated rings. The third-order valence-corrected chi connectivity index (χ3v) is 4.58. The molecule has 2 aromatic rings. The van der Waals surface area contributed by atoms with Crippen molar-refractivity contribution in [2.24, 2.45) is 0 Å². The lowest BCUT2D eigenvalue weighted by atomic mass is 10.2. The van der Waals surface area contributed by atoms with E-state index >= 15 is 0 Å². The Bertz CT molecular complexity index is 848. The molecule has 0 aromatic heterocycles. The predicted octanol–water partition coefficient (Wildman–Crippen LogP) is 3.40. The molecule has 0 saturated heterocycles. The molecule has 0 heterocycles. The second-order valence-corrected chi connectivity index (χ2v) is 6.49. The quantitative estimate of drug-likeness (QED) is 0.897. The number of rotatable bonds is 3. The molecular weight excluding hydrogens is 366 g/mol. The average molecular weight is 373 g/mol. The van der Waals surface area contributed by atoms with Gasteiger partial charge in [0.15, 0.2) is 0 Å². The standard InChI is InChI=1S/C13H7BrF2N2O2S/c14-10-5-4-8(6-12(10)16)21(19,20)18-13-3-1-2-11(15)9(13)7-17/h1-6,18H. The summed E-state index contributed by atoms with van der Waals surface area (Å²) in [6.45, 7) is 0. The fourth-order valence-electron chi connectivity index (χ4n) is 1.57. The number of nitriles is 1. The summed E-state index contributed by atoms with van der Waals surface area (Å²) in [6.07, 6.45) is 0. The van der Waals surface area contributed by atoms with E-state index < -0.39 is 27.2 Å². The molecule has 0 aliphatic heterocycles. The Labute approximate surface area is 128 Å². The molecular formula is C13H7BrF2N2O2S. The van der Waals surface area contributed by atoms with E-state index in [4.69, 9.17) is 5.26 Å². The van der Waals surface area contributed by atoms with Crippen LogP contribution in [-0.2, 0) is 10.0 Å². The maximum Gasteiger partial charge on any atom is 0.262 e. The molecule has 0 aliphatic rings.